The van der Waals surface area contributed by atoms with Crippen molar-refractivity contribution in [1.82, 2.24) is 4.98 Å². The maximum absolute atomic E-state index is 12.4. The highest BCUT2D eigenvalue weighted by molar-refractivity contribution is 6.32. The maximum Gasteiger partial charge on any atom is 0.250 e. The number of hydrogen-bond donors (Lipinski definition) is 0. The second-order valence-corrected chi connectivity index (χ2v) is 6.13. The highest BCUT2D eigenvalue weighted by Gasteiger charge is 2.29. The average molecular weight is 363 g/mol. The van der Waals surface area contributed by atoms with E-state index < -0.39 is 0 Å². The second-order valence-electron chi connectivity index (χ2n) is 5.73. The molecule has 132 valence electrons. The van der Waals surface area contributed by atoms with Gasteiger partial charge in [-0.3, -0.25) is 9.69 Å². The molecule has 25 heavy (non-hydrogen) atoms. The first-order valence-corrected chi connectivity index (χ1v) is 8.25. The van der Waals surface area contributed by atoms with Crippen molar-refractivity contribution in [2.75, 3.05) is 19.1 Å². The number of aromatic nitrogens is 1. The van der Waals surface area contributed by atoms with Gasteiger partial charge in [0, 0.05) is 18.1 Å². The zero-order chi connectivity index (χ0) is 18.0. The first-order valence-electron chi connectivity index (χ1n) is 7.87. The molecule has 3 rings (SSSR count). The smallest absolute Gasteiger partial charge is 0.250 e. The predicted octanol–water partition coefficient (Wildman–Crippen LogP) is 3.94. The fourth-order valence-corrected chi connectivity index (χ4v) is 2.75. The van der Waals surface area contributed by atoms with Gasteiger partial charge in [-0.1, -0.05) is 18.2 Å². The first kappa shape index (κ1) is 17.4. The van der Waals surface area contributed by atoms with Crippen molar-refractivity contribution in [1.29, 1.82) is 0 Å². The Kier molecular flexibility index (Phi) is 4.99. The molecular weight excluding hydrogens is 344 g/mol. The van der Waals surface area contributed by atoms with Crippen LogP contribution in [0.5, 0.6) is 11.5 Å². The van der Waals surface area contributed by atoms with Crippen LogP contribution in [0.2, 0.25) is 5.02 Å². The van der Waals surface area contributed by atoms with Gasteiger partial charge in [0.1, 0.15) is 17.3 Å². The van der Waals surface area contributed by atoms with Crippen molar-refractivity contribution in [2.45, 2.75) is 25.3 Å². The number of carbonyl (C=O) groups excluding carboxylic acids is 1. The van der Waals surface area contributed by atoms with Gasteiger partial charge >= 0.3 is 0 Å². The lowest BCUT2D eigenvalue weighted by molar-refractivity contribution is -0.114. The number of rotatable bonds is 7. The average Bonchev–Trinajstić information content (AvgIpc) is 3.38. The number of halogens is 1. The van der Waals surface area contributed by atoms with Crippen molar-refractivity contribution in [3.8, 4) is 11.5 Å². The molecule has 6 nitrogen and oxygen atoms in total. The molecule has 1 aliphatic rings. The van der Waals surface area contributed by atoms with Crippen LogP contribution in [0.25, 0.3) is 0 Å². The van der Waals surface area contributed by atoms with Gasteiger partial charge in [-0.15, -0.1) is 0 Å². The van der Waals surface area contributed by atoms with Crippen LogP contribution in [-0.4, -0.2) is 25.1 Å². The molecule has 1 aromatic carbocycles. The molecule has 7 heteroatoms. The first-order chi connectivity index (χ1) is 12.1. The van der Waals surface area contributed by atoms with Crippen molar-refractivity contribution in [2.24, 2.45) is 0 Å². The van der Waals surface area contributed by atoms with Crippen molar-refractivity contribution in [3.63, 3.8) is 0 Å². The number of hydrogen-bond acceptors (Lipinski definition) is 5. The Morgan fingerprint density at radius 2 is 2.12 bits per heavy atom. The number of methoxy groups -OCH3 is 2. The lowest BCUT2D eigenvalue weighted by Crippen LogP contribution is -2.28. The number of benzene rings is 1. The van der Waals surface area contributed by atoms with E-state index in [4.69, 9.17) is 25.5 Å². The SMILES string of the molecule is C=CC(=O)N(Cc1cnc(C2CC2)o1)c1cc(OC)c(Cl)cc1OC. The topological polar surface area (TPSA) is 64.8 Å². The fraction of sp³-hybridized carbons (Fsp3) is 0.333. The van der Waals surface area contributed by atoms with Crippen LogP contribution in [0.15, 0.2) is 35.4 Å². The number of carbonyl (C=O) groups is 1. The van der Waals surface area contributed by atoms with Crippen LogP contribution in [0.3, 0.4) is 0 Å². The number of amides is 1. The van der Waals surface area contributed by atoms with Crippen molar-refractivity contribution < 1.29 is 18.7 Å². The molecule has 0 unspecified atom stereocenters. The molecule has 1 aliphatic carbocycles. The zero-order valence-corrected chi connectivity index (χ0v) is 14.9. The van der Waals surface area contributed by atoms with Gasteiger partial charge in [-0.2, -0.15) is 0 Å². The summed E-state index contributed by atoms with van der Waals surface area (Å²) in [6, 6.07) is 3.26. The van der Waals surface area contributed by atoms with Gasteiger partial charge in [0.2, 0.25) is 0 Å². The Morgan fingerprint density at radius 1 is 1.40 bits per heavy atom. The Hall–Kier alpha value is -2.47. The third kappa shape index (κ3) is 3.64. The third-order valence-electron chi connectivity index (χ3n) is 4.00. The van der Waals surface area contributed by atoms with Crippen LogP contribution in [0.4, 0.5) is 5.69 Å². The normalized spacial score (nSPS) is 13.4. The van der Waals surface area contributed by atoms with E-state index in [1.54, 1.807) is 18.3 Å². The molecule has 1 heterocycles. The number of ether oxygens (including phenoxy) is 2. The second kappa shape index (κ2) is 7.19. The Bertz CT molecular complexity index is 798. The van der Waals surface area contributed by atoms with Crippen LogP contribution >= 0.6 is 11.6 Å². The van der Waals surface area contributed by atoms with Gasteiger partial charge in [0.25, 0.3) is 5.91 Å². The fourth-order valence-electron chi connectivity index (χ4n) is 2.52. The minimum atomic E-state index is -0.299. The summed E-state index contributed by atoms with van der Waals surface area (Å²) in [6.45, 7) is 3.77. The van der Waals surface area contributed by atoms with Crippen molar-refractivity contribution in [3.05, 3.63) is 47.7 Å². The van der Waals surface area contributed by atoms with E-state index in [0.29, 0.717) is 33.9 Å². The van der Waals surface area contributed by atoms with E-state index in [2.05, 4.69) is 11.6 Å². The highest BCUT2D eigenvalue weighted by atomic mass is 35.5. The van der Waals surface area contributed by atoms with E-state index in [0.717, 1.165) is 18.7 Å². The Morgan fingerprint density at radius 3 is 2.72 bits per heavy atom. The van der Waals surface area contributed by atoms with Crippen LogP contribution < -0.4 is 14.4 Å². The molecule has 0 atom stereocenters. The van der Waals surface area contributed by atoms with E-state index in [1.807, 2.05) is 0 Å². The monoisotopic (exact) mass is 362 g/mol. The summed E-state index contributed by atoms with van der Waals surface area (Å²) < 4.78 is 16.4. The molecule has 0 bridgehead atoms. The largest absolute Gasteiger partial charge is 0.495 e. The summed E-state index contributed by atoms with van der Waals surface area (Å²) >= 11 is 6.15. The molecule has 0 radical (unpaired) electrons. The summed E-state index contributed by atoms with van der Waals surface area (Å²) in [4.78, 5) is 18.2. The zero-order valence-electron chi connectivity index (χ0n) is 14.1. The quantitative estimate of drug-likeness (QED) is 0.698. The van der Waals surface area contributed by atoms with E-state index in [9.17, 15) is 4.79 Å². The molecular formula is C18H19ClN2O4. The van der Waals surface area contributed by atoms with E-state index in [-0.39, 0.29) is 12.5 Å². The number of oxazole rings is 1. The molecule has 1 saturated carbocycles. The van der Waals surface area contributed by atoms with Gasteiger partial charge < -0.3 is 13.9 Å². The Labute approximate surface area is 151 Å². The molecule has 1 fully saturated rings. The van der Waals surface area contributed by atoms with Crippen LogP contribution in [0, 0.1) is 0 Å². The molecule has 0 N–H and O–H groups in total. The predicted molar refractivity (Wildman–Crippen MR) is 94.4 cm³/mol. The van der Waals surface area contributed by atoms with Crippen LogP contribution in [-0.2, 0) is 11.3 Å². The summed E-state index contributed by atoms with van der Waals surface area (Å²) in [7, 11) is 3.02. The van der Waals surface area contributed by atoms with Crippen LogP contribution in [0.1, 0.15) is 30.4 Å². The Balaban J connectivity index is 1.97. The molecule has 1 aromatic heterocycles. The van der Waals surface area contributed by atoms with E-state index in [1.165, 1.54) is 25.2 Å². The molecule has 0 spiro atoms. The van der Waals surface area contributed by atoms with Gasteiger partial charge in [0.05, 0.1) is 37.7 Å². The molecule has 2 aromatic rings. The standard InChI is InChI=1S/C18H19ClN2O4/c1-4-17(22)21(10-12-9-20-18(25-12)11-5-6-11)14-8-15(23-2)13(19)7-16(14)24-3/h4,7-9,11H,1,5-6,10H2,2-3H3. The summed E-state index contributed by atoms with van der Waals surface area (Å²) in [5, 5.41) is 0.393. The number of anilines is 1. The van der Waals surface area contributed by atoms with Crippen molar-refractivity contribution >= 4 is 23.2 Å². The molecule has 0 saturated heterocycles. The molecule has 1 amide bonds. The van der Waals surface area contributed by atoms with E-state index >= 15 is 0 Å². The third-order valence-corrected chi connectivity index (χ3v) is 4.29. The minimum absolute atomic E-state index is 0.200. The maximum atomic E-state index is 12.4. The minimum Gasteiger partial charge on any atom is -0.495 e. The lowest BCUT2D eigenvalue weighted by atomic mass is 10.2. The summed E-state index contributed by atoms with van der Waals surface area (Å²) in [5.74, 6) is 2.31. The van der Waals surface area contributed by atoms with Gasteiger partial charge in [-0.25, -0.2) is 4.98 Å². The number of nitrogens with zero attached hydrogens (tertiary/aromatic N) is 2. The highest BCUT2D eigenvalue weighted by Crippen LogP contribution is 2.41. The molecule has 0 aliphatic heterocycles. The van der Waals surface area contributed by atoms with Gasteiger partial charge in [0.15, 0.2) is 5.89 Å². The lowest BCUT2D eigenvalue weighted by Gasteiger charge is -2.23. The van der Waals surface area contributed by atoms with Gasteiger partial charge in [-0.05, 0) is 18.9 Å². The summed E-state index contributed by atoms with van der Waals surface area (Å²) in [5.41, 5.74) is 0.512. The summed E-state index contributed by atoms with van der Waals surface area (Å²) in [6.07, 6.45) is 5.07.